The van der Waals surface area contributed by atoms with Crippen LogP contribution in [-0.4, -0.2) is 37.4 Å². The molecule has 2 rings (SSSR count). The predicted octanol–water partition coefficient (Wildman–Crippen LogP) is 0.729. The lowest BCUT2D eigenvalue weighted by molar-refractivity contribution is -0.114. The van der Waals surface area contributed by atoms with Crippen molar-refractivity contribution >= 4 is 21.6 Å². The molecule has 1 aromatic carbocycles. The van der Waals surface area contributed by atoms with Gasteiger partial charge in [-0.25, -0.2) is 13.4 Å². The third kappa shape index (κ3) is 5.42. The largest absolute Gasteiger partial charge is 0.481 e. The van der Waals surface area contributed by atoms with Gasteiger partial charge in [-0.2, -0.15) is 4.72 Å². The van der Waals surface area contributed by atoms with Gasteiger partial charge in [0.05, 0.1) is 19.1 Å². The topological polar surface area (TPSA) is 113 Å². The van der Waals surface area contributed by atoms with E-state index in [9.17, 15) is 13.2 Å². The van der Waals surface area contributed by atoms with Gasteiger partial charge in [-0.05, 0) is 12.1 Å². The number of imidazole rings is 1. The number of nitrogens with one attached hydrogen (secondary N) is 3. The number of aromatic nitrogens is 2. The molecule has 0 bridgehead atoms. The normalized spacial score (nSPS) is 10.5. The van der Waals surface area contributed by atoms with Crippen molar-refractivity contribution in [1.29, 1.82) is 0 Å². The molecule has 0 saturated heterocycles. The maximum Gasteiger partial charge on any atom is 0.258 e. The Hall–Kier alpha value is -2.83. The van der Waals surface area contributed by atoms with Crippen molar-refractivity contribution in [3.8, 4) is 17.6 Å². The van der Waals surface area contributed by atoms with Gasteiger partial charge < -0.3 is 15.0 Å². The highest BCUT2D eigenvalue weighted by Crippen LogP contribution is 2.16. The second-order valence-electron chi connectivity index (χ2n) is 4.59. The van der Waals surface area contributed by atoms with Crippen molar-refractivity contribution < 1.29 is 17.9 Å². The summed E-state index contributed by atoms with van der Waals surface area (Å²) in [4.78, 5) is 17.1. The van der Waals surface area contributed by atoms with Crippen LogP contribution in [-0.2, 0) is 14.8 Å². The van der Waals surface area contributed by atoms with Crippen LogP contribution in [0.4, 0.5) is 5.69 Å². The van der Waals surface area contributed by atoms with Gasteiger partial charge in [-0.3, -0.25) is 4.79 Å². The summed E-state index contributed by atoms with van der Waals surface area (Å²) in [6.07, 6.45) is 2.49. The zero-order chi connectivity index (χ0) is 17.4. The quantitative estimate of drug-likeness (QED) is 0.666. The Kier molecular flexibility index (Phi) is 5.95. The Balaban J connectivity index is 1.79. The lowest BCUT2D eigenvalue weighted by Crippen LogP contribution is -2.24. The second-order valence-corrected chi connectivity index (χ2v) is 6.33. The van der Waals surface area contributed by atoms with Gasteiger partial charge in [-0.15, -0.1) is 0 Å². The SMILES string of the molecule is CC(=O)Nc1cccc(OCC#CCNS(=O)(=O)c2cnc[nH]2)c1. The van der Waals surface area contributed by atoms with Crippen LogP contribution < -0.4 is 14.8 Å². The molecular formula is C15H16N4O4S. The molecule has 8 nitrogen and oxygen atoms in total. The Labute approximate surface area is 139 Å². The van der Waals surface area contributed by atoms with Crippen molar-refractivity contribution in [1.82, 2.24) is 14.7 Å². The fraction of sp³-hybridized carbons (Fsp3) is 0.200. The number of amides is 1. The highest BCUT2D eigenvalue weighted by atomic mass is 32.2. The molecule has 0 aliphatic carbocycles. The molecule has 0 saturated carbocycles. The summed E-state index contributed by atoms with van der Waals surface area (Å²) in [5.74, 6) is 5.73. The fourth-order valence-corrected chi connectivity index (χ4v) is 2.52. The van der Waals surface area contributed by atoms with E-state index in [2.05, 4.69) is 31.8 Å². The number of hydrogen-bond acceptors (Lipinski definition) is 5. The van der Waals surface area contributed by atoms with Gasteiger partial charge in [-0.1, -0.05) is 17.9 Å². The summed E-state index contributed by atoms with van der Waals surface area (Å²) in [5.41, 5.74) is 0.625. The third-order valence-electron chi connectivity index (χ3n) is 2.70. The number of rotatable bonds is 6. The standard InChI is InChI=1S/C15H16N4O4S/c1-12(20)19-13-5-4-6-14(9-13)23-8-3-2-7-18-24(21,22)15-10-16-11-17-15/h4-6,9-11,18H,7-8H2,1H3,(H,16,17)(H,19,20). The van der Waals surface area contributed by atoms with E-state index in [1.54, 1.807) is 24.3 Å². The first-order valence-electron chi connectivity index (χ1n) is 6.91. The fourth-order valence-electron chi connectivity index (χ4n) is 1.70. The van der Waals surface area contributed by atoms with Crippen LogP contribution in [0, 0.1) is 11.8 Å². The van der Waals surface area contributed by atoms with E-state index >= 15 is 0 Å². The Bertz CT molecular complexity index is 851. The molecule has 0 atom stereocenters. The molecule has 3 N–H and O–H groups in total. The van der Waals surface area contributed by atoms with E-state index in [1.165, 1.54) is 19.4 Å². The van der Waals surface area contributed by atoms with Crippen LogP contribution in [0.1, 0.15) is 6.92 Å². The molecule has 1 amide bonds. The maximum absolute atomic E-state index is 11.8. The number of benzene rings is 1. The highest BCUT2D eigenvalue weighted by molar-refractivity contribution is 7.89. The summed E-state index contributed by atoms with van der Waals surface area (Å²) in [6, 6.07) is 6.88. The predicted molar refractivity (Wildman–Crippen MR) is 87.8 cm³/mol. The van der Waals surface area contributed by atoms with Crippen molar-refractivity contribution in [3.05, 3.63) is 36.8 Å². The average Bonchev–Trinajstić information content (AvgIpc) is 3.06. The minimum absolute atomic E-state index is 0.0182. The number of carbonyl (C=O) groups excluding carboxylic acids is 1. The molecule has 1 heterocycles. The highest BCUT2D eigenvalue weighted by Gasteiger charge is 2.13. The van der Waals surface area contributed by atoms with Gasteiger partial charge in [0.2, 0.25) is 5.91 Å². The van der Waals surface area contributed by atoms with E-state index < -0.39 is 10.0 Å². The Morgan fingerprint density at radius 1 is 1.38 bits per heavy atom. The summed E-state index contributed by atoms with van der Waals surface area (Å²) >= 11 is 0. The first-order valence-corrected chi connectivity index (χ1v) is 8.40. The number of anilines is 1. The molecule has 24 heavy (non-hydrogen) atoms. The number of nitrogens with zero attached hydrogens (tertiary/aromatic N) is 1. The summed E-state index contributed by atoms with van der Waals surface area (Å²) in [6.45, 7) is 1.47. The summed E-state index contributed by atoms with van der Waals surface area (Å²) in [7, 11) is -3.63. The van der Waals surface area contributed by atoms with Crippen molar-refractivity contribution in [2.75, 3.05) is 18.5 Å². The Morgan fingerprint density at radius 2 is 2.21 bits per heavy atom. The van der Waals surface area contributed by atoms with E-state index in [1.807, 2.05) is 0 Å². The first-order chi connectivity index (χ1) is 11.5. The molecule has 0 fully saturated rings. The summed E-state index contributed by atoms with van der Waals surface area (Å²) in [5, 5.41) is 2.63. The number of H-pyrrole nitrogens is 1. The van der Waals surface area contributed by atoms with Crippen LogP contribution in [0.25, 0.3) is 0 Å². The minimum atomic E-state index is -3.63. The van der Waals surface area contributed by atoms with Crippen LogP contribution in [0.2, 0.25) is 0 Å². The van der Waals surface area contributed by atoms with Crippen molar-refractivity contribution in [2.45, 2.75) is 11.9 Å². The van der Waals surface area contributed by atoms with Gasteiger partial charge in [0.15, 0.2) is 5.03 Å². The monoisotopic (exact) mass is 348 g/mol. The molecular weight excluding hydrogens is 332 g/mol. The zero-order valence-electron chi connectivity index (χ0n) is 12.9. The molecule has 0 aliphatic rings. The van der Waals surface area contributed by atoms with Gasteiger partial charge >= 0.3 is 0 Å². The molecule has 9 heteroatoms. The van der Waals surface area contributed by atoms with Crippen LogP contribution in [0.3, 0.4) is 0 Å². The molecule has 0 spiro atoms. The van der Waals surface area contributed by atoms with Crippen LogP contribution in [0.15, 0.2) is 41.8 Å². The number of ether oxygens (including phenoxy) is 1. The minimum Gasteiger partial charge on any atom is -0.481 e. The molecule has 0 radical (unpaired) electrons. The number of carbonyl (C=O) groups is 1. The molecule has 1 aromatic heterocycles. The lowest BCUT2D eigenvalue weighted by Gasteiger charge is -2.05. The van der Waals surface area contributed by atoms with E-state index in [-0.39, 0.29) is 24.1 Å². The molecule has 0 aliphatic heterocycles. The first kappa shape index (κ1) is 17.5. The van der Waals surface area contributed by atoms with E-state index in [0.29, 0.717) is 11.4 Å². The van der Waals surface area contributed by atoms with Gasteiger partial charge in [0.1, 0.15) is 12.4 Å². The number of sulfonamides is 1. The average molecular weight is 348 g/mol. The van der Waals surface area contributed by atoms with Crippen LogP contribution >= 0.6 is 0 Å². The molecule has 0 unspecified atom stereocenters. The number of hydrogen-bond donors (Lipinski definition) is 3. The van der Waals surface area contributed by atoms with Crippen molar-refractivity contribution in [3.63, 3.8) is 0 Å². The Morgan fingerprint density at radius 3 is 2.92 bits per heavy atom. The van der Waals surface area contributed by atoms with Gasteiger partial charge in [0, 0.05) is 18.7 Å². The lowest BCUT2D eigenvalue weighted by atomic mass is 10.3. The number of aromatic amines is 1. The molecule has 2 aromatic rings. The van der Waals surface area contributed by atoms with Gasteiger partial charge in [0.25, 0.3) is 10.0 Å². The smallest absolute Gasteiger partial charge is 0.258 e. The van der Waals surface area contributed by atoms with Crippen LogP contribution in [0.5, 0.6) is 5.75 Å². The second kappa shape index (κ2) is 8.14. The third-order valence-corrected chi connectivity index (χ3v) is 4.03. The maximum atomic E-state index is 11.8. The molecule has 126 valence electrons. The summed E-state index contributed by atoms with van der Waals surface area (Å²) < 4.78 is 31.2. The van der Waals surface area contributed by atoms with E-state index in [0.717, 1.165) is 0 Å². The van der Waals surface area contributed by atoms with Crippen molar-refractivity contribution in [2.24, 2.45) is 0 Å². The van der Waals surface area contributed by atoms with E-state index in [4.69, 9.17) is 4.74 Å². The zero-order valence-corrected chi connectivity index (χ0v) is 13.7.